The average Bonchev–Trinajstić information content (AvgIpc) is 3.15. The first kappa shape index (κ1) is 24.7. The van der Waals surface area contributed by atoms with Crippen LogP contribution in [-0.2, 0) is 9.53 Å². The Kier molecular flexibility index (Phi) is 14.6. The normalized spacial score (nSPS) is 10.8. The van der Waals surface area contributed by atoms with Crippen molar-refractivity contribution >= 4 is 23.1 Å². The van der Waals surface area contributed by atoms with Crippen LogP contribution >= 0.6 is 11.3 Å². The van der Waals surface area contributed by atoms with E-state index < -0.39 is 5.97 Å². The van der Waals surface area contributed by atoms with Gasteiger partial charge in [0.2, 0.25) is 0 Å². The lowest BCUT2D eigenvalue weighted by Gasteiger charge is -2.04. The molecule has 1 aromatic rings. The fraction of sp³-hybridized carbons (Fsp3) is 0.739. The molecule has 0 saturated heterocycles. The van der Waals surface area contributed by atoms with E-state index in [-0.39, 0.29) is 12.2 Å². The van der Waals surface area contributed by atoms with Gasteiger partial charge in [-0.05, 0) is 13.3 Å². The first-order valence-corrected chi connectivity index (χ1v) is 12.0. The second-order valence-electron chi connectivity index (χ2n) is 7.30. The second-order valence-corrected chi connectivity index (χ2v) is 8.17. The van der Waals surface area contributed by atoms with Gasteiger partial charge in [-0.3, -0.25) is 9.59 Å². The molecule has 0 aliphatic carbocycles. The Morgan fingerprint density at radius 1 is 0.857 bits per heavy atom. The molecule has 0 fully saturated rings. The number of Topliss-reactive ketones (excluding diaryl/α,β-unsaturated/α-hetero) is 1. The topological polar surface area (TPSA) is 52.6 Å². The van der Waals surface area contributed by atoms with Crippen LogP contribution in [0.2, 0.25) is 0 Å². The third kappa shape index (κ3) is 12.2. The lowest BCUT2D eigenvalue weighted by molar-refractivity contribution is -0.141. The highest BCUT2D eigenvalue weighted by atomic mass is 32.1. The molecule has 0 aromatic carbocycles. The van der Waals surface area contributed by atoms with Crippen molar-refractivity contribution in [1.82, 2.24) is 0 Å². The predicted octanol–water partition coefficient (Wildman–Crippen LogP) is 6.96. The number of thiophene rings is 1. The van der Waals surface area contributed by atoms with E-state index in [1.807, 2.05) is 0 Å². The molecule has 0 aliphatic rings. The number of esters is 1. The molecular formula is C23H38O4S. The molecule has 0 atom stereocenters. The quantitative estimate of drug-likeness (QED) is 0.114. The van der Waals surface area contributed by atoms with Crippen molar-refractivity contribution in [3.63, 3.8) is 0 Å². The van der Waals surface area contributed by atoms with Crippen LogP contribution < -0.4 is 4.74 Å². The van der Waals surface area contributed by atoms with E-state index in [0.717, 1.165) is 11.5 Å². The van der Waals surface area contributed by atoms with Gasteiger partial charge >= 0.3 is 5.97 Å². The van der Waals surface area contributed by atoms with Crippen molar-refractivity contribution < 1.29 is 19.1 Å². The molecule has 0 aliphatic heterocycles. The van der Waals surface area contributed by atoms with Gasteiger partial charge in [0.25, 0.3) is 0 Å². The fourth-order valence-electron chi connectivity index (χ4n) is 3.10. The summed E-state index contributed by atoms with van der Waals surface area (Å²) in [6, 6.07) is 1.73. The molecule has 1 aromatic heterocycles. The van der Waals surface area contributed by atoms with E-state index in [0.29, 0.717) is 18.8 Å². The van der Waals surface area contributed by atoms with E-state index in [9.17, 15) is 9.59 Å². The van der Waals surface area contributed by atoms with Crippen LogP contribution in [0.15, 0.2) is 11.4 Å². The van der Waals surface area contributed by atoms with Gasteiger partial charge in [0.05, 0.1) is 13.2 Å². The molecule has 28 heavy (non-hydrogen) atoms. The molecule has 1 rings (SSSR count). The van der Waals surface area contributed by atoms with Gasteiger partial charge in [-0.1, -0.05) is 77.6 Å². The van der Waals surface area contributed by atoms with E-state index in [1.54, 1.807) is 18.4 Å². The number of ketones is 1. The van der Waals surface area contributed by atoms with Crippen LogP contribution in [0.4, 0.5) is 0 Å². The van der Waals surface area contributed by atoms with Crippen molar-refractivity contribution in [3.05, 3.63) is 17.0 Å². The summed E-state index contributed by atoms with van der Waals surface area (Å²) in [6.07, 6.45) is 15.7. The highest BCUT2D eigenvalue weighted by molar-refractivity contribution is 7.12. The van der Waals surface area contributed by atoms with Gasteiger partial charge in [-0.2, -0.15) is 0 Å². The van der Waals surface area contributed by atoms with Gasteiger partial charge in [0, 0.05) is 17.0 Å². The van der Waals surface area contributed by atoms with Crippen molar-refractivity contribution in [3.8, 4) is 5.06 Å². The molecule has 0 unspecified atom stereocenters. The molecule has 0 bridgehead atoms. The third-order valence-corrected chi connectivity index (χ3v) is 5.59. The van der Waals surface area contributed by atoms with Crippen LogP contribution in [-0.4, -0.2) is 25.0 Å². The number of carbonyl (C=O) groups is 2. The Morgan fingerprint density at radius 3 is 2.00 bits per heavy atom. The van der Waals surface area contributed by atoms with Gasteiger partial charge in [-0.25, -0.2) is 0 Å². The Bertz CT molecular complexity index is 538. The lowest BCUT2D eigenvalue weighted by atomic mass is 10.1. The summed E-state index contributed by atoms with van der Waals surface area (Å²) in [7, 11) is 0. The molecule has 0 radical (unpaired) electrons. The van der Waals surface area contributed by atoms with Crippen molar-refractivity contribution in [2.75, 3.05) is 13.2 Å². The van der Waals surface area contributed by atoms with Gasteiger partial charge < -0.3 is 9.47 Å². The van der Waals surface area contributed by atoms with E-state index in [2.05, 4.69) is 6.92 Å². The summed E-state index contributed by atoms with van der Waals surface area (Å²) in [5.41, 5.74) is 0.530. The Balaban J connectivity index is 1.99. The van der Waals surface area contributed by atoms with Crippen LogP contribution in [0.5, 0.6) is 5.06 Å². The summed E-state index contributed by atoms with van der Waals surface area (Å²) in [5, 5.41) is 2.49. The smallest absolute Gasteiger partial charge is 0.313 e. The standard InChI is InChI=1S/C23H38O4S/c1-3-5-6-7-8-9-10-11-12-13-14-15-16-27-23-17-20(19-28-23)21(24)18-22(25)26-4-2/h17,19H,3-16,18H2,1-2H3. The molecule has 5 heteroatoms. The maximum atomic E-state index is 12.0. The minimum absolute atomic E-state index is 0.206. The highest BCUT2D eigenvalue weighted by Gasteiger charge is 2.14. The molecule has 0 amide bonds. The Labute approximate surface area is 175 Å². The maximum Gasteiger partial charge on any atom is 0.313 e. The molecule has 4 nitrogen and oxygen atoms in total. The summed E-state index contributed by atoms with van der Waals surface area (Å²) in [6.45, 7) is 4.97. The van der Waals surface area contributed by atoms with Gasteiger partial charge in [-0.15, -0.1) is 11.3 Å². The van der Waals surface area contributed by atoms with Crippen LogP contribution in [0.3, 0.4) is 0 Å². The first-order valence-electron chi connectivity index (χ1n) is 11.1. The molecule has 160 valence electrons. The zero-order valence-corrected chi connectivity index (χ0v) is 18.6. The molecule has 0 N–H and O–H groups in total. The van der Waals surface area contributed by atoms with E-state index in [4.69, 9.17) is 9.47 Å². The number of hydrogen-bond donors (Lipinski definition) is 0. The monoisotopic (exact) mass is 410 g/mol. The van der Waals surface area contributed by atoms with Crippen LogP contribution in [0, 0.1) is 0 Å². The third-order valence-electron chi connectivity index (χ3n) is 4.75. The first-order chi connectivity index (χ1) is 13.7. The minimum atomic E-state index is -0.474. The molecular weight excluding hydrogens is 372 g/mol. The molecule has 0 saturated carbocycles. The van der Waals surface area contributed by atoms with Crippen molar-refractivity contribution in [1.29, 1.82) is 0 Å². The zero-order chi connectivity index (χ0) is 20.5. The Morgan fingerprint density at radius 2 is 1.43 bits per heavy atom. The van der Waals surface area contributed by atoms with Crippen molar-refractivity contribution in [2.45, 2.75) is 97.3 Å². The van der Waals surface area contributed by atoms with E-state index >= 15 is 0 Å². The SMILES string of the molecule is CCCCCCCCCCCCCCOc1cc(C(=O)CC(=O)OCC)cs1. The number of ether oxygens (including phenoxy) is 2. The largest absolute Gasteiger partial charge is 0.484 e. The highest BCUT2D eigenvalue weighted by Crippen LogP contribution is 2.24. The van der Waals surface area contributed by atoms with Crippen LogP contribution in [0.25, 0.3) is 0 Å². The maximum absolute atomic E-state index is 12.0. The number of rotatable bonds is 18. The predicted molar refractivity (Wildman–Crippen MR) is 116 cm³/mol. The second kappa shape index (κ2) is 16.6. The lowest BCUT2D eigenvalue weighted by Crippen LogP contribution is -2.10. The number of carbonyl (C=O) groups excluding carboxylic acids is 2. The fourth-order valence-corrected chi connectivity index (χ4v) is 3.89. The summed E-state index contributed by atoms with van der Waals surface area (Å²) >= 11 is 1.41. The minimum Gasteiger partial charge on any atom is -0.484 e. The average molecular weight is 411 g/mol. The summed E-state index contributed by atoms with van der Waals surface area (Å²) < 4.78 is 10.5. The summed E-state index contributed by atoms with van der Waals surface area (Å²) in [4.78, 5) is 23.4. The van der Waals surface area contributed by atoms with Gasteiger partial charge in [0.15, 0.2) is 10.8 Å². The number of hydrogen-bond acceptors (Lipinski definition) is 5. The molecule has 0 spiro atoms. The zero-order valence-electron chi connectivity index (χ0n) is 17.8. The Hall–Kier alpha value is -1.36. The number of unbranched alkanes of at least 4 members (excludes halogenated alkanes) is 11. The molecule has 1 heterocycles. The van der Waals surface area contributed by atoms with Crippen LogP contribution in [0.1, 0.15) is 108 Å². The van der Waals surface area contributed by atoms with E-state index in [1.165, 1.54) is 82.0 Å². The summed E-state index contributed by atoms with van der Waals surface area (Å²) in [5.74, 6) is -0.687. The van der Waals surface area contributed by atoms with Crippen molar-refractivity contribution in [2.24, 2.45) is 0 Å². The van der Waals surface area contributed by atoms with Gasteiger partial charge in [0.1, 0.15) is 6.42 Å².